The summed E-state index contributed by atoms with van der Waals surface area (Å²) < 4.78 is 3.33. The number of nitrogens with zero attached hydrogens (tertiary/aromatic N) is 6. The zero-order valence-corrected chi connectivity index (χ0v) is 20.5. The molecule has 1 fully saturated rings. The maximum absolute atomic E-state index is 13.0. The Morgan fingerprint density at radius 3 is 2.50 bits per heavy atom. The SMILES string of the molecule is CCN1CCN(CCCNC(=O)CCc2nc3c(C)nn(-c4ccccc4)c3n(C)c2=O)CC1. The molecule has 1 aromatic carbocycles. The number of aromatic nitrogens is 4. The number of likely N-dealkylation sites (N-methyl/N-ethyl adjacent to an activating group) is 1. The Hall–Kier alpha value is -3.04. The molecule has 1 amide bonds. The first-order valence-corrected chi connectivity index (χ1v) is 12.2. The molecule has 1 aliphatic rings. The second-order valence-corrected chi connectivity index (χ2v) is 8.91. The van der Waals surface area contributed by atoms with Gasteiger partial charge >= 0.3 is 0 Å². The van der Waals surface area contributed by atoms with E-state index in [1.165, 1.54) is 0 Å². The number of amides is 1. The molecule has 4 rings (SSSR count). The Morgan fingerprint density at radius 1 is 1.09 bits per heavy atom. The average molecular weight is 466 g/mol. The van der Waals surface area contributed by atoms with Crippen molar-refractivity contribution in [2.24, 2.45) is 7.05 Å². The van der Waals surface area contributed by atoms with Crippen molar-refractivity contribution in [2.75, 3.05) is 45.8 Å². The van der Waals surface area contributed by atoms with Gasteiger partial charge in [0.25, 0.3) is 5.56 Å². The summed E-state index contributed by atoms with van der Waals surface area (Å²) in [4.78, 5) is 34.9. The molecule has 0 unspecified atom stereocenters. The lowest BCUT2D eigenvalue weighted by Gasteiger charge is -2.33. The minimum absolute atomic E-state index is 0.0449. The van der Waals surface area contributed by atoms with E-state index in [-0.39, 0.29) is 17.9 Å². The largest absolute Gasteiger partial charge is 0.356 e. The predicted octanol–water partition coefficient (Wildman–Crippen LogP) is 1.50. The van der Waals surface area contributed by atoms with E-state index in [0.29, 0.717) is 29.8 Å². The smallest absolute Gasteiger partial charge is 0.273 e. The Balaban J connectivity index is 1.33. The zero-order valence-electron chi connectivity index (χ0n) is 20.5. The molecule has 0 spiro atoms. The Morgan fingerprint density at radius 2 is 1.79 bits per heavy atom. The molecule has 182 valence electrons. The van der Waals surface area contributed by atoms with Gasteiger partial charge in [0.1, 0.15) is 11.2 Å². The van der Waals surface area contributed by atoms with Crippen molar-refractivity contribution in [3.8, 4) is 5.69 Å². The summed E-state index contributed by atoms with van der Waals surface area (Å²) >= 11 is 0. The fourth-order valence-electron chi connectivity index (χ4n) is 4.50. The second-order valence-electron chi connectivity index (χ2n) is 8.91. The summed E-state index contributed by atoms with van der Waals surface area (Å²) in [7, 11) is 1.73. The van der Waals surface area contributed by atoms with Crippen molar-refractivity contribution in [1.29, 1.82) is 0 Å². The van der Waals surface area contributed by atoms with Crippen molar-refractivity contribution in [3.05, 3.63) is 52.1 Å². The third kappa shape index (κ3) is 5.37. The van der Waals surface area contributed by atoms with Gasteiger partial charge in [0.15, 0.2) is 5.65 Å². The highest BCUT2D eigenvalue weighted by Gasteiger charge is 2.18. The first kappa shape index (κ1) is 24.1. The zero-order chi connectivity index (χ0) is 24.1. The standard InChI is InChI=1S/C25H35N7O2/c1-4-30-15-17-31(18-16-30)14-8-13-26-22(33)12-11-21-25(34)29(3)24-23(27-21)19(2)28-32(24)20-9-6-5-7-10-20/h5-7,9-10H,4,8,11-18H2,1-3H3,(H,26,33). The van der Waals surface area contributed by atoms with Crippen LogP contribution in [0.1, 0.15) is 31.2 Å². The van der Waals surface area contributed by atoms with Crippen LogP contribution in [0.15, 0.2) is 35.1 Å². The fraction of sp³-hybridized carbons (Fsp3) is 0.520. The van der Waals surface area contributed by atoms with Gasteiger partial charge in [-0.3, -0.25) is 14.2 Å². The Bertz CT molecular complexity index is 1180. The van der Waals surface area contributed by atoms with Gasteiger partial charge in [-0.25, -0.2) is 9.67 Å². The minimum atomic E-state index is -0.191. The fourth-order valence-corrected chi connectivity index (χ4v) is 4.50. The lowest BCUT2D eigenvalue weighted by molar-refractivity contribution is -0.121. The first-order chi connectivity index (χ1) is 16.5. The normalized spacial score (nSPS) is 15.1. The van der Waals surface area contributed by atoms with Crippen LogP contribution < -0.4 is 10.9 Å². The molecule has 0 aliphatic carbocycles. The molecule has 0 saturated carbocycles. The number of carbonyl (C=O) groups is 1. The van der Waals surface area contributed by atoms with Crippen molar-refractivity contribution >= 4 is 17.1 Å². The number of aryl methyl sites for hydroxylation is 3. The van der Waals surface area contributed by atoms with E-state index in [2.05, 4.69) is 32.1 Å². The van der Waals surface area contributed by atoms with Crippen LogP contribution >= 0.6 is 0 Å². The predicted molar refractivity (Wildman–Crippen MR) is 133 cm³/mol. The first-order valence-electron chi connectivity index (χ1n) is 12.2. The van der Waals surface area contributed by atoms with Crippen molar-refractivity contribution in [2.45, 2.75) is 33.1 Å². The van der Waals surface area contributed by atoms with Crippen molar-refractivity contribution < 1.29 is 4.79 Å². The van der Waals surface area contributed by atoms with E-state index < -0.39 is 0 Å². The van der Waals surface area contributed by atoms with Crippen LogP contribution in [0.2, 0.25) is 0 Å². The number of rotatable bonds is 9. The molecule has 34 heavy (non-hydrogen) atoms. The van der Waals surface area contributed by atoms with Crippen LogP contribution in [-0.2, 0) is 18.3 Å². The molecule has 9 heteroatoms. The number of carbonyl (C=O) groups excluding carboxylic acids is 1. The summed E-state index contributed by atoms with van der Waals surface area (Å²) in [5.41, 5.74) is 3.17. The van der Waals surface area contributed by atoms with Gasteiger partial charge in [-0.1, -0.05) is 25.1 Å². The number of fused-ring (bicyclic) bond motifs is 1. The Labute approximate surface area is 200 Å². The quantitative estimate of drug-likeness (QED) is 0.482. The monoisotopic (exact) mass is 465 g/mol. The third-order valence-electron chi connectivity index (χ3n) is 6.60. The average Bonchev–Trinajstić information content (AvgIpc) is 3.20. The summed E-state index contributed by atoms with van der Waals surface area (Å²) in [5.74, 6) is -0.0449. The molecular formula is C25H35N7O2. The minimum Gasteiger partial charge on any atom is -0.356 e. The molecule has 2 aromatic heterocycles. The van der Waals surface area contributed by atoms with E-state index in [9.17, 15) is 9.59 Å². The summed E-state index contributed by atoms with van der Waals surface area (Å²) in [6.45, 7) is 11.3. The number of piperazine rings is 1. The molecule has 3 heterocycles. The molecular weight excluding hydrogens is 430 g/mol. The number of para-hydroxylation sites is 1. The van der Waals surface area contributed by atoms with Crippen LogP contribution in [0.5, 0.6) is 0 Å². The van der Waals surface area contributed by atoms with Crippen LogP contribution in [0.25, 0.3) is 16.9 Å². The van der Waals surface area contributed by atoms with Gasteiger partial charge in [-0.05, 0) is 38.6 Å². The van der Waals surface area contributed by atoms with E-state index in [0.717, 1.165) is 57.1 Å². The van der Waals surface area contributed by atoms with Crippen LogP contribution in [0, 0.1) is 6.92 Å². The topological polar surface area (TPSA) is 88.3 Å². The van der Waals surface area contributed by atoms with E-state index in [1.54, 1.807) is 16.3 Å². The second kappa shape index (κ2) is 10.9. The van der Waals surface area contributed by atoms with E-state index >= 15 is 0 Å². The van der Waals surface area contributed by atoms with Crippen LogP contribution in [0.4, 0.5) is 0 Å². The van der Waals surface area contributed by atoms with Gasteiger partial charge in [-0.2, -0.15) is 5.10 Å². The highest BCUT2D eigenvalue weighted by molar-refractivity contribution is 5.77. The molecule has 0 radical (unpaired) electrons. The highest BCUT2D eigenvalue weighted by Crippen LogP contribution is 2.19. The van der Waals surface area contributed by atoms with E-state index in [4.69, 9.17) is 0 Å². The van der Waals surface area contributed by atoms with Gasteiger partial charge in [0, 0.05) is 52.6 Å². The van der Waals surface area contributed by atoms with Gasteiger partial charge in [0.05, 0.1) is 11.4 Å². The number of nitrogens with one attached hydrogen (secondary N) is 1. The van der Waals surface area contributed by atoms with Crippen molar-refractivity contribution in [1.82, 2.24) is 34.4 Å². The summed E-state index contributed by atoms with van der Waals surface area (Å²) in [6, 6.07) is 9.70. The molecule has 0 atom stereocenters. The molecule has 9 nitrogen and oxygen atoms in total. The molecule has 3 aromatic rings. The van der Waals surface area contributed by atoms with Crippen molar-refractivity contribution in [3.63, 3.8) is 0 Å². The number of benzene rings is 1. The van der Waals surface area contributed by atoms with Gasteiger partial charge in [-0.15, -0.1) is 0 Å². The molecule has 1 saturated heterocycles. The molecule has 0 bridgehead atoms. The summed E-state index contributed by atoms with van der Waals surface area (Å²) in [6.07, 6.45) is 1.49. The maximum atomic E-state index is 13.0. The van der Waals surface area contributed by atoms with Gasteiger partial charge < -0.3 is 15.1 Å². The highest BCUT2D eigenvalue weighted by atomic mass is 16.1. The van der Waals surface area contributed by atoms with Gasteiger partial charge in [0.2, 0.25) is 5.91 Å². The molecule has 1 N–H and O–H groups in total. The number of hydrogen-bond acceptors (Lipinski definition) is 6. The maximum Gasteiger partial charge on any atom is 0.273 e. The molecule has 1 aliphatic heterocycles. The van der Waals surface area contributed by atoms with Crippen LogP contribution in [0.3, 0.4) is 0 Å². The van der Waals surface area contributed by atoms with Crippen LogP contribution in [-0.4, -0.2) is 80.9 Å². The summed E-state index contributed by atoms with van der Waals surface area (Å²) in [5, 5.41) is 7.60. The Kier molecular flexibility index (Phi) is 7.74. The van der Waals surface area contributed by atoms with E-state index in [1.807, 2.05) is 37.3 Å². The number of hydrogen-bond donors (Lipinski definition) is 1. The lowest BCUT2D eigenvalue weighted by atomic mass is 10.2. The third-order valence-corrected chi connectivity index (χ3v) is 6.60. The lowest BCUT2D eigenvalue weighted by Crippen LogP contribution is -2.46.